The van der Waals surface area contributed by atoms with Crippen LogP contribution >= 0.6 is 0 Å². The van der Waals surface area contributed by atoms with Crippen molar-refractivity contribution in [3.05, 3.63) is 90.0 Å². The summed E-state index contributed by atoms with van der Waals surface area (Å²) in [5.41, 5.74) is 1.77. The van der Waals surface area contributed by atoms with Gasteiger partial charge in [-0.1, -0.05) is 43.3 Å². The Morgan fingerprint density at radius 3 is 2.29 bits per heavy atom. The topological polar surface area (TPSA) is 66.9 Å². The minimum atomic E-state index is -3.95. The average Bonchev–Trinajstić information content (AvgIpc) is 2.88. The number of amides is 1. The summed E-state index contributed by atoms with van der Waals surface area (Å²) >= 11 is 0. The van der Waals surface area contributed by atoms with Crippen molar-refractivity contribution >= 4 is 21.6 Å². The van der Waals surface area contributed by atoms with E-state index < -0.39 is 10.0 Å². The molecule has 7 heteroatoms. The van der Waals surface area contributed by atoms with E-state index in [1.165, 1.54) is 10.4 Å². The lowest BCUT2D eigenvalue weighted by Crippen LogP contribution is -2.38. The molecule has 0 radical (unpaired) electrons. The van der Waals surface area contributed by atoms with Crippen LogP contribution in [0.1, 0.15) is 35.7 Å². The van der Waals surface area contributed by atoms with Gasteiger partial charge in [-0.3, -0.25) is 9.10 Å². The first-order chi connectivity index (χ1) is 16.4. The van der Waals surface area contributed by atoms with Crippen molar-refractivity contribution in [2.45, 2.75) is 31.2 Å². The number of methoxy groups -OCH3 is 1. The molecule has 3 aromatic rings. The largest absolute Gasteiger partial charge is 0.497 e. The third-order valence-electron chi connectivity index (χ3n) is 6.27. The highest BCUT2D eigenvalue weighted by atomic mass is 32.2. The van der Waals surface area contributed by atoms with Crippen LogP contribution in [0.15, 0.2) is 83.8 Å². The van der Waals surface area contributed by atoms with Gasteiger partial charge in [0.05, 0.1) is 24.2 Å². The molecule has 4 rings (SSSR count). The first-order valence-corrected chi connectivity index (χ1v) is 12.9. The maximum Gasteiger partial charge on any atom is 0.264 e. The fourth-order valence-corrected chi connectivity index (χ4v) is 5.62. The number of benzene rings is 3. The van der Waals surface area contributed by atoms with Crippen LogP contribution < -0.4 is 9.04 Å². The summed E-state index contributed by atoms with van der Waals surface area (Å²) in [6.45, 7) is 3.75. The van der Waals surface area contributed by atoms with E-state index in [0.717, 1.165) is 18.4 Å². The van der Waals surface area contributed by atoms with Gasteiger partial charge < -0.3 is 9.64 Å². The molecule has 0 saturated carbocycles. The van der Waals surface area contributed by atoms with Crippen molar-refractivity contribution < 1.29 is 17.9 Å². The summed E-state index contributed by atoms with van der Waals surface area (Å²) in [6, 6.07) is 22.7. The van der Waals surface area contributed by atoms with Gasteiger partial charge in [0.2, 0.25) is 0 Å². The van der Waals surface area contributed by atoms with Gasteiger partial charge >= 0.3 is 0 Å². The molecule has 3 aromatic carbocycles. The quantitative estimate of drug-likeness (QED) is 0.481. The van der Waals surface area contributed by atoms with Crippen molar-refractivity contribution in [3.63, 3.8) is 0 Å². The average molecular weight is 479 g/mol. The SMILES string of the molecule is COc1ccc(N(Cc2ccccc2)S(=O)(=O)c2cccc(C(=O)N3CCC(C)CC3)c2)cc1. The van der Waals surface area contributed by atoms with Gasteiger partial charge in [0.25, 0.3) is 15.9 Å². The van der Waals surface area contributed by atoms with Crippen LogP contribution in [0.4, 0.5) is 5.69 Å². The highest BCUT2D eigenvalue weighted by molar-refractivity contribution is 7.92. The molecule has 0 bridgehead atoms. The molecule has 1 aliphatic heterocycles. The Bertz CT molecular complexity index is 1220. The zero-order valence-electron chi connectivity index (χ0n) is 19.6. The molecule has 0 aliphatic carbocycles. The van der Waals surface area contributed by atoms with Gasteiger partial charge in [0.15, 0.2) is 0 Å². The third-order valence-corrected chi connectivity index (χ3v) is 8.04. The lowest BCUT2D eigenvalue weighted by atomic mass is 9.98. The number of anilines is 1. The lowest BCUT2D eigenvalue weighted by molar-refractivity contribution is 0.0697. The standard InChI is InChI=1S/C27H30N2O4S/c1-21-15-17-28(18-16-21)27(30)23-9-6-10-26(19-23)34(31,32)29(20-22-7-4-3-5-8-22)24-11-13-25(33-2)14-12-24/h3-14,19,21H,15-18,20H2,1-2H3. The Balaban J connectivity index is 1.68. The van der Waals surface area contributed by atoms with E-state index in [4.69, 9.17) is 4.74 Å². The minimum Gasteiger partial charge on any atom is -0.497 e. The molecule has 0 atom stereocenters. The Morgan fingerprint density at radius 2 is 1.65 bits per heavy atom. The van der Waals surface area contributed by atoms with Crippen molar-refractivity contribution in [2.75, 3.05) is 24.5 Å². The highest BCUT2D eigenvalue weighted by Crippen LogP contribution is 2.29. The van der Waals surface area contributed by atoms with Crippen LogP contribution in [-0.2, 0) is 16.6 Å². The summed E-state index contributed by atoms with van der Waals surface area (Å²) in [4.78, 5) is 15.0. The second kappa shape index (κ2) is 10.3. The number of nitrogens with zero attached hydrogens (tertiary/aromatic N) is 2. The maximum atomic E-state index is 13.9. The number of piperidine rings is 1. The fraction of sp³-hybridized carbons (Fsp3) is 0.296. The number of ether oxygens (including phenoxy) is 1. The monoisotopic (exact) mass is 478 g/mol. The number of sulfonamides is 1. The maximum absolute atomic E-state index is 13.9. The molecule has 1 aliphatic rings. The number of hydrogen-bond donors (Lipinski definition) is 0. The molecular formula is C27H30N2O4S. The van der Waals surface area contributed by atoms with Crippen molar-refractivity contribution in [1.29, 1.82) is 0 Å². The van der Waals surface area contributed by atoms with Crippen molar-refractivity contribution in [3.8, 4) is 5.75 Å². The molecule has 1 fully saturated rings. The molecular weight excluding hydrogens is 448 g/mol. The van der Waals surface area contributed by atoms with E-state index in [9.17, 15) is 13.2 Å². The molecule has 0 unspecified atom stereocenters. The first kappa shape index (κ1) is 23.8. The van der Waals surface area contributed by atoms with Gasteiger partial charge in [-0.25, -0.2) is 8.42 Å². The van der Waals surface area contributed by atoms with E-state index >= 15 is 0 Å². The molecule has 1 amide bonds. The Kier molecular flexibility index (Phi) is 7.22. The number of rotatable bonds is 7. The summed E-state index contributed by atoms with van der Waals surface area (Å²) in [6.07, 6.45) is 1.93. The lowest BCUT2D eigenvalue weighted by Gasteiger charge is -2.30. The summed E-state index contributed by atoms with van der Waals surface area (Å²) in [5, 5.41) is 0. The number of hydrogen-bond acceptors (Lipinski definition) is 4. The summed E-state index contributed by atoms with van der Waals surface area (Å²) in [5.74, 6) is 1.12. The predicted octanol–water partition coefficient (Wildman–Crippen LogP) is 4.96. The van der Waals surface area contributed by atoms with Crippen LogP contribution in [0.3, 0.4) is 0 Å². The van der Waals surface area contributed by atoms with Crippen LogP contribution in [0.25, 0.3) is 0 Å². The summed E-state index contributed by atoms with van der Waals surface area (Å²) in [7, 11) is -2.38. The normalized spacial score (nSPS) is 14.6. The number of carbonyl (C=O) groups is 1. The minimum absolute atomic E-state index is 0.0930. The smallest absolute Gasteiger partial charge is 0.264 e. The number of carbonyl (C=O) groups excluding carboxylic acids is 1. The fourth-order valence-electron chi connectivity index (χ4n) is 4.12. The molecule has 34 heavy (non-hydrogen) atoms. The van der Waals surface area contributed by atoms with Crippen LogP contribution in [0.5, 0.6) is 5.75 Å². The summed E-state index contributed by atoms with van der Waals surface area (Å²) < 4.78 is 34.3. The van der Waals surface area contributed by atoms with E-state index in [2.05, 4.69) is 6.92 Å². The molecule has 178 valence electrons. The first-order valence-electron chi connectivity index (χ1n) is 11.5. The van der Waals surface area contributed by atoms with E-state index in [1.54, 1.807) is 49.6 Å². The molecule has 1 saturated heterocycles. The van der Waals surface area contributed by atoms with Gasteiger partial charge in [-0.05, 0) is 66.8 Å². The molecule has 0 N–H and O–H groups in total. The van der Waals surface area contributed by atoms with Gasteiger partial charge in [-0.2, -0.15) is 0 Å². The molecule has 6 nitrogen and oxygen atoms in total. The Hall–Kier alpha value is -3.32. The second-order valence-electron chi connectivity index (χ2n) is 8.70. The molecule has 0 spiro atoms. The van der Waals surface area contributed by atoms with Crippen LogP contribution in [0.2, 0.25) is 0 Å². The third kappa shape index (κ3) is 5.25. The zero-order valence-corrected chi connectivity index (χ0v) is 20.4. The van der Waals surface area contributed by atoms with E-state index in [0.29, 0.717) is 36.0 Å². The van der Waals surface area contributed by atoms with Crippen molar-refractivity contribution in [1.82, 2.24) is 4.90 Å². The van der Waals surface area contributed by atoms with Crippen LogP contribution in [-0.4, -0.2) is 39.4 Å². The highest BCUT2D eigenvalue weighted by Gasteiger charge is 2.28. The van der Waals surface area contributed by atoms with Crippen LogP contribution in [0, 0.1) is 5.92 Å². The van der Waals surface area contributed by atoms with E-state index in [-0.39, 0.29) is 17.3 Å². The van der Waals surface area contributed by atoms with Gasteiger partial charge in [-0.15, -0.1) is 0 Å². The molecule has 1 heterocycles. The molecule has 0 aromatic heterocycles. The second-order valence-corrected chi connectivity index (χ2v) is 10.6. The van der Waals surface area contributed by atoms with Gasteiger partial charge in [0, 0.05) is 18.7 Å². The predicted molar refractivity (Wildman–Crippen MR) is 134 cm³/mol. The van der Waals surface area contributed by atoms with E-state index in [1.807, 2.05) is 35.2 Å². The zero-order chi connectivity index (χ0) is 24.1. The van der Waals surface area contributed by atoms with Crippen molar-refractivity contribution in [2.24, 2.45) is 5.92 Å². The number of likely N-dealkylation sites (tertiary alicyclic amines) is 1. The Labute approximate surface area is 201 Å². The van der Waals surface area contributed by atoms with Gasteiger partial charge in [0.1, 0.15) is 5.75 Å². The Morgan fingerprint density at radius 1 is 0.971 bits per heavy atom.